The highest BCUT2D eigenvalue weighted by molar-refractivity contribution is 7.80. The lowest BCUT2D eigenvalue weighted by Gasteiger charge is -2.13. The average molecular weight is 300 g/mol. The molecule has 0 atom stereocenters. The van der Waals surface area contributed by atoms with Crippen LogP contribution in [0.15, 0.2) is 12.1 Å². The van der Waals surface area contributed by atoms with Gasteiger partial charge in [-0.15, -0.1) is 0 Å². The van der Waals surface area contributed by atoms with Gasteiger partial charge in [-0.25, -0.2) is 0 Å². The quantitative estimate of drug-likeness (QED) is 0.655. The molecule has 7 heteroatoms. The molecule has 0 heterocycles. The summed E-state index contributed by atoms with van der Waals surface area (Å²) in [6, 6.07) is 3.14. The third kappa shape index (κ3) is 3.87. The molecule has 0 aliphatic heterocycles. The molecule has 0 fully saturated rings. The SMILES string of the molecule is CCOC(=S)NNc1c(Cl)cc(Cl)cc1Cl. The lowest BCUT2D eigenvalue weighted by atomic mass is 10.3. The number of ether oxygens (including phenoxy) is 1. The topological polar surface area (TPSA) is 33.3 Å². The van der Waals surface area contributed by atoms with E-state index in [1.54, 1.807) is 12.1 Å². The van der Waals surface area contributed by atoms with Crippen molar-refractivity contribution in [1.82, 2.24) is 5.43 Å². The lowest BCUT2D eigenvalue weighted by Crippen LogP contribution is -2.30. The number of thiocarbonyl (C=S) groups is 1. The van der Waals surface area contributed by atoms with Crippen molar-refractivity contribution in [1.29, 1.82) is 0 Å². The molecular formula is C9H9Cl3N2OS. The van der Waals surface area contributed by atoms with Crippen molar-refractivity contribution < 1.29 is 4.74 Å². The molecule has 2 N–H and O–H groups in total. The number of benzene rings is 1. The second-order valence-corrected chi connectivity index (χ2v) is 4.34. The van der Waals surface area contributed by atoms with Crippen LogP contribution in [-0.2, 0) is 4.74 Å². The highest BCUT2D eigenvalue weighted by Gasteiger charge is 2.07. The van der Waals surface area contributed by atoms with Crippen LogP contribution in [0, 0.1) is 0 Å². The number of nitrogens with one attached hydrogen (secondary N) is 2. The standard InChI is InChI=1S/C9H9Cl3N2OS/c1-2-15-9(16)14-13-8-6(11)3-5(10)4-7(8)12/h3-4,13H,2H2,1H3,(H,14,16). The Hall–Kier alpha value is -0.420. The fraction of sp³-hybridized carbons (Fsp3) is 0.222. The molecule has 0 aliphatic rings. The van der Waals surface area contributed by atoms with E-state index >= 15 is 0 Å². The number of hydrazine groups is 1. The maximum atomic E-state index is 5.94. The Kier molecular flexibility index (Phi) is 5.41. The number of halogens is 3. The zero-order chi connectivity index (χ0) is 12.1. The van der Waals surface area contributed by atoms with E-state index in [4.69, 9.17) is 51.8 Å². The van der Waals surface area contributed by atoms with Gasteiger partial charge in [0.05, 0.1) is 22.3 Å². The van der Waals surface area contributed by atoms with Crippen molar-refractivity contribution in [2.24, 2.45) is 0 Å². The van der Waals surface area contributed by atoms with Crippen molar-refractivity contribution in [3.05, 3.63) is 27.2 Å². The largest absolute Gasteiger partial charge is 0.470 e. The second-order valence-electron chi connectivity index (χ2n) is 2.71. The second kappa shape index (κ2) is 6.35. The molecule has 0 aliphatic carbocycles. The Labute approximate surface area is 114 Å². The molecule has 0 radical (unpaired) electrons. The van der Waals surface area contributed by atoms with Crippen LogP contribution in [0.5, 0.6) is 0 Å². The van der Waals surface area contributed by atoms with E-state index in [-0.39, 0.29) is 5.17 Å². The summed E-state index contributed by atoms with van der Waals surface area (Å²) in [5.74, 6) is 0. The molecule has 3 nitrogen and oxygen atoms in total. The number of hydrogen-bond donors (Lipinski definition) is 2. The van der Waals surface area contributed by atoms with Crippen molar-refractivity contribution >= 4 is 57.9 Å². The first-order chi connectivity index (χ1) is 7.54. The average Bonchev–Trinajstić information content (AvgIpc) is 2.16. The van der Waals surface area contributed by atoms with Crippen LogP contribution in [-0.4, -0.2) is 11.8 Å². The Morgan fingerprint density at radius 3 is 2.38 bits per heavy atom. The van der Waals surface area contributed by atoms with Gasteiger partial charge in [0.15, 0.2) is 0 Å². The Bertz CT molecular complexity index is 377. The van der Waals surface area contributed by atoms with Crippen LogP contribution in [0.4, 0.5) is 5.69 Å². The molecule has 0 saturated carbocycles. The summed E-state index contributed by atoms with van der Waals surface area (Å²) < 4.78 is 5.01. The first kappa shape index (κ1) is 13.6. The van der Waals surface area contributed by atoms with Gasteiger partial charge in [-0.05, 0) is 31.3 Å². The minimum atomic E-state index is 0.213. The van der Waals surface area contributed by atoms with Gasteiger partial charge in [0.1, 0.15) is 0 Å². The summed E-state index contributed by atoms with van der Waals surface area (Å²) >= 11 is 22.5. The van der Waals surface area contributed by atoms with Crippen molar-refractivity contribution in [3.8, 4) is 0 Å². The van der Waals surface area contributed by atoms with E-state index in [2.05, 4.69) is 10.9 Å². The van der Waals surface area contributed by atoms with Crippen LogP contribution in [0.25, 0.3) is 0 Å². The maximum Gasteiger partial charge on any atom is 0.275 e. The van der Waals surface area contributed by atoms with Gasteiger partial charge < -0.3 is 4.74 Å². The monoisotopic (exact) mass is 298 g/mol. The molecule has 1 aromatic rings. The molecule has 0 unspecified atom stereocenters. The van der Waals surface area contributed by atoms with Gasteiger partial charge in [-0.2, -0.15) is 0 Å². The smallest absolute Gasteiger partial charge is 0.275 e. The predicted molar refractivity (Wildman–Crippen MR) is 72.5 cm³/mol. The molecular weight excluding hydrogens is 291 g/mol. The van der Waals surface area contributed by atoms with E-state index < -0.39 is 0 Å². The number of hydrogen-bond acceptors (Lipinski definition) is 3. The van der Waals surface area contributed by atoms with Gasteiger partial charge in [0.2, 0.25) is 0 Å². The number of anilines is 1. The first-order valence-corrected chi connectivity index (χ1v) is 5.92. The van der Waals surface area contributed by atoms with Crippen LogP contribution in [0.2, 0.25) is 15.1 Å². The predicted octanol–water partition coefficient (Wildman–Crippen LogP) is 3.88. The Morgan fingerprint density at radius 2 is 1.88 bits per heavy atom. The zero-order valence-corrected chi connectivity index (χ0v) is 11.4. The van der Waals surface area contributed by atoms with E-state index in [0.717, 1.165) is 0 Å². The maximum absolute atomic E-state index is 5.94. The summed E-state index contributed by atoms with van der Waals surface area (Å²) in [6.45, 7) is 2.31. The summed E-state index contributed by atoms with van der Waals surface area (Å²) in [5, 5.41) is 1.46. The summed E-state index contributed by atoms with van der Waals surface area (Å²) in [7, 11) is 0. The molecule has 0 saturated heterocycles. The normalized spacial score (nSPS) is 9.75. The van der Waals surface area contributed by atoms with Crippen LogP contribution in [0.3, 0.4) is 0 Å². The zero-order valence-electron chi connectivity index (χ0n) is 8.31. The minimum absolute atomic E-state index is 0.213. The molecule has 0 aromatic heterocycles. The molecule has 0 bridgehead atoms. The Balaban J connectivity index is 2.70. The fourth-order valence-electron chi connectivity index (χ4n) is 0.942. The van der Waals surface area contributed by atoms with E-state index in [1.165, 1.54) is 0 Å². The molecule has 88 valence electrons. The Morgan fingerprint density at radius 1 is 1.31 bits per heavy atom. The van der Waals surface area contributed by atoms with Gasteiger partial charge in [0, 0.05) is 5.02 Å². The van der Waals surface area contributed by atoms with Gasteiger partial charge >= 0.3 is 0 Å². The van der Waals surface area contributed by atoms with E-state index in [9.17, 15) is 0 Å². The van der Waals surface area contributed by atoms with Gasteiger partial charge in [-0.1, -0.05) is 34.8 Å². The summed E-state index contributed by atoms with van der Waals surface area (Å²) in [4.78, 5) is 0. The van der Waals surface area contributed by atoms with Crippen molar-refractivity contribution in [2.45, 2.75) is 6.92 Å². The van der Waals surface area contributed by atoms with Gasteiger partial charge in [0.25, 0.3) is 5.17 Å². The van der Waals surface area contributed by atoms with Crippen LogP contribution < -0.4 is 10.9 Å². The lowest BCUT2D eigenvalue weighted by molar-refractivity contribution is 0.323. The highest BCUT2D eigenvalue weighted by atomic mass is 35.5. The van der Waals surface area contributed by atoms with Gasteiger partial charge in [-0.3, -0.25) is 10.9 Å². The van der Waals surface area contributed by atoms with Crippen LogP contribution >= 0.6 is 47.0 Å². The summed E-state index contributed by atoms with van der Waals surface area (Å²) in [5.41, 5.74) is 5.90. The molecule has 1 aromatic carbocycles. The molecule has 0 spiro atoms. The summed E-state index contributed by atoms with van der Waals surface area (Å²) in [6.07, 6.45) is 0. The number of rotatable bonds is 3. The van der Waals surface area contributed by atoms with Crippen molar-refractivity contribution in [3.63, 3.8) is 0 Å². The third-order valence-corrected chi connectivity index (χ3v) is 2.61. The van der Waals surface area contributed by atoms with E-state index in [1.807, 2.05) is 6.92 Å². The highest BCUT2D eigenvalue weighted by Crippen LogP contribution is 2.32. The molecule has 0 amide bonds. The van der Waals surface area contributed by atoms with Crippen LogP contribution in [0.1, 0.15) is 6.92 Å². The first-order valence-electron chi connectivity index (χ1n) is 4.38. The fourth-order valence-corrected chi connectivity index (χ4v) is 2.02. The minimum Gasteiger partial charge on any atom is -0.470 e. The molecule has 16 heavy (non-hydrogen) atoms. The van der Waals surface area contributed by atoms with Crippen molar-refractivity contribution in [2.75, 3.05) is 12.0 Å². The molecule has 1 rings (SSSR count). The third-order valence-electron chi connectivity index (χ3n) is 1.57. The van der Waals surface area contributed by atoms with E-state index in [0.29, 0.717) is 27.4 Å².